The number of carbonyl (C=O) groups is 1. The average molecular weight is 293 g/mol. The molecule has 1 aromatic heterocycles. The summed E-state index contributed by atoms with van der Waals surface area (Å²) in [5.74, 6) is -0.631. The lowest BCUT2D eigenvalue weighted by Gasteiger charge is -2.19. The van der Waals surface area contributed by atoms with Crippen molar-refractivity contribution < 1.29 is 9.18 Å². The third-order valence-electron chi connectivity index (χ3n) is 2.90. The molecule has 0 spiro atoms. The number of nitrogens with zero attached hydrogens (tertiary/aromatic N) is 2. The van der Waals surface area contributed by atoms with Gasteiger partial charge in [-0.2, -0.15) is 0 Å². The second-order valence-corrected chi connectivity index (χ2v) is 5.52. The maximum Gasteiger partial charge on any atom is 0.275 e. The molecule has 0 fully saturated rings. The first-order chi connectivity index (χ1) is 9.47. The van der Waals surface area contributed by atoms with Gasteiger partial charge in [0.05, 0.1) is 0 Å². The van der Waals surface area contributed by atoms with Crippen LogP contribution >= 0.6 is 11.3 Å². The number of hydrogen-bond acceptors (Lipinski definition) is 4. The predicted molar refractivity (Wildman–Crippen MR) is 80.0 cm³/mol. The van der Waals surface area contributed by atoms with Gasteiger partial charge in [-0.3, -0.25) is 4.79 Å². The molecule has 2 rings (SSSR count). The van der Waals surface area contributed by atoms with E-state index in [1.54, 1.807) is 5.38 Å². The molecular formula is C14H16FN3OS. The number of benzene rings is 1. The standard InChI is InChI=1S/C14H16FN3OS/c1-9(2)18(3)14-17-12(8-20-14)13(19)16-11-6-4-10(15)5-7-11/h4-9H,1-3H3,(H,16,19). The minimum atomic E-state index is -0.336. The molecule has 0 unspecified atom stereocenters. The average Bonchev–Trinajstić information content (AvgIpc) is 2.90. The Morgan fingerprint density at radius 1 is 1.35 bits per heavy atom. The van der Waals surface area contributed by atoms with Gasteiger partial charge in [-0.1, -0.05) is 0 Å². The van der Waals surface area contributed by atoms with Crippen LogP contribution in [0.4, 0.5) is 15.2 Å². The number of halogens is 1. The minimum Gasteiger partial charge on any atom is -0.349 e. The van der Waals surface area contributed by atoms with Crippen molar-refractivity contribution in [2.24, 2.45) is 0 Å². The van der Waals surface area contributed by atoms with Crippen LogP contribution < -0.4 is 10.2 Å². The monoisotopic (exact) mass is 293 g/mol. The summed E-state index contributed by atoms with van der Waals surface area (Å²) in [5.41, 5.74) is 0.907. The molecule has 1 amide bonds. The maximum atomic E-state index is 12.8. The molecule has 1 N–H and O–H groups in total. The molecular weight excluding hydrogens is 277 g/mol. The maximum absolute atomic E-state index is 12.8. The van der Waals surface area contributed by atoms with Crippen molar-refractivity contribution in [3.05, 3.63) is 41.2 Å². The predicted octanol–water partition coefficient (Wildman–Crippen LogP) is 3.38. The highest BCUT2D eigenvalue weighted by Crippen LogP contribution is 2.21. The lowest BCUT2D eigenvalue weighted by Crippen LogP contribution is -2.25. The second kappa shape index (κ2) is 6.00. The van der Waals surface area contributed by atoms with Crippen LogP contribution in [0.5, 0.6) is 0 Å². The fourth-order valence-electron chi connectivity index (χ4n) is 1.48. The first-order valence-corrected chi connectivity index (χ1v) is 7.10. The smallest absolute Gasteiger partial charge is 0.275 e. The first-order valence-electron chi connectivity index (χ1n) is 6.22. The molecule has 4 nitrogen and oxygen atoms in total. The van der Waals surface area contributed by atoms with E-state index in [1.165, 1.54) is 35.6 Å². The van der Waals surface area contributed by atoms with Gasteiger partial charge < -0.3 is 10.2 Å². The van der Waals surface area contributed by atoms with Crippen molar-refractivity contribution in [3.63, 3.8) is 0 Å². The number of hydrogen-bond donors (Lipinski definition) is 1. The van der Waals surface area contributed by atoms with E-state index in [0.717, 1.165) is 5.13 Å². The Hall–Kier alpha value is -1.95. The molecule has 20 heavy (non-hydrogen) atoms. The summed E-state index contributed by atoms with van der Waals surface area (Å²) in [7, 11) is 1.94. The van der Waals surface area contributed by atoms with Crippen LogP contribution in [0.1, 0.15) is 24.3 Å². The second-order valence-electron chi connectivity index (χ2n) is 4.68. The molecule has 1 aromatic carbocycles. The molecule has 0 aliphatic rings. The van der Waals surface area contributed by atoms with Crippen LogP contribution in [0.25, 0.3) is 0 Å². The van der Waals surface area contributed by atoms with Crippen LogP contribution in [0.3, 0.4) is 0 Å². The molecule has 0 saturated heterocycles. The SMILES string of the molecule is CC(C)N(C)c1nc(C(=O)Nc2ccc(F)cc2)cs1. The summed E-state index contributed by atoms with van der Waals surface area (Å²) in [5, 5.41) is 5.20. The zero-order valence-corrected chi connectivity index (χ0v) is 12.4. The number of anilines is 2. The normalized spacial score (nSPS) is 10.7. The van der Waals surface area contributed by atoms with E-state index in [1.807, 2.05) is 11.9 Å². The van der Waals surface area contributed by atoms with E-state index < -0.39 is 0 Å². The summed E-state index contributed by atoms with van der Waals surface area (Å²) in [6, 6.07) is 5.94. The molecule has 0 bridgehead atoms. The highest BCUT2D eigenvalue weighted by Gasteiger charge is 2.14. The number of amides is 1. The van der Waals surface area contributed by atoms with Gasteiger partial charge in [0, 0.05) is 24.2 Å². The van der Waals surface area contributed by atoms with E-state index >= 15 is 0 Å². The van der Waals surface area contributed by atoms with Crippen molar-refractivity contribution in [2.45, 2.75) is 19.9 Å². The van der Waals surface area contributed by atoms with Crippen LogP contribution in [-0.4, -0.2) is 24.0 Å². The molecule has 0 radical (unpaired) electrons. The summed E-state index contributed by atoms with van der Waals surface area (Å²) in [4.78, 5) is 18.3. The molecule has 106 valence electrons. The van der Waals surface area contributed by atoms with E-state index in [9.17, 15) is 9.18 Å². The van der Waals surface area contributed by atoms with Gasteiger partial charge in [0.2, 0.25) is 0 Å². The Labute approximate surface area is 121 Å². The van der Waals surface area contributed by atoms with Crippen molar-refractivity contribution in [1.82, 2.24) is 4.98 Å². The fourth-order valence-corrected chi connectivity index (χ4v) is 2.38. The Morgan fingerprint density at radius 3 is 2.60 bits per heavy atom. The summed E-state index contributed by atoms with van der Waals surface area (Å²) < 4.78 is 12.8. The highest BCUT2D eigenvalue weighted by molar-refractivity contribution is 7.13. The third-order valence-corrected chi connectivity index (χ3v) is 3.83. The number of rotatable bonds is 4. The van der Waals surface area contributed by atoms with E-state index in [4.69, 9.17) is 0 Å². The van der Waals surface area contributed by atoms with Gasteiger partial charge in [0.15, 0.2) is 5.13 Å². The molecule has 0 aliphatic heterocycles. The number of aromatic nitrogens is 1. The molecule has 0 aliphatic carbocycles. The Morgan fingerprint density at radius 2 is 2.00 bits per heavy atom. The van der Waals surface area contributed by atoms with Gasteiger partial charge in [-0.05, 0) is 38.1 Å². The Balaban J connectivity index is 2.08. The zero-order valence-electron chi connectivity index (χ0n) is 11.6. The topological polar surface area (TPSA) is 45.2 Å². The van der Waals surface area contributed by atoms with E-state index in [2.05, 4.69) is 24.1 Å². The molecule has 0 saturated carbocycles. The van der Waals surface area contributed by atoms with E-state index in [-0.39, 0.29) is 11.7 Å². The summed E-state index contributed by atoms with van der Waals surface area (Å²) >= 11 is 1.42. The molecule has 1 heterocycles. The summed E-state index contributed by atoms with van der Waals surface area (Å²) in [6.45, 7) is 4.11. The van der Waals surface area contributed by atoms with Gasteiger partial charge in [0.25, 0.3) is 5.91 Å². The highest BCUT2D eigenvalue weighted by atomic mass is 32.1. The van der Waals surface area contributed by atoms with Crippen LogP contribution in [-0.2, 0) is 0 Å². The fraction of sp³-hybridized carbons (Fsp3) is 0.286. The number of nitrogens with one attached hydrogen (secondary N) is 1. The Bertz CT molecular complexity index is 595. The number of carbonyl (C=O) groups excluding carboxylic acids is 1. The molecule has 2 aromatic rings. The lowest BCUT2D eigenvalue weighted by molar-refractivity contribution is 0.102. The Kier molecular flexibility index (Phi) is 4.34. The summed E-state index contributed by atoms with van der Waals surface area (Å²) in [6.07, 6.45) is 0. The van der Waals surface area contributed by atoms with Crippen molar-refractivity contribution in [1.29, 1.82) is 0 Å². The van der Waals surface area contributed by atoms with Gasteiger partial charge >= 0.3 is 0 Å². The zero-order chi connectivity index (χ0) is 14.7. The van der Waals surface area contributed by atoms with Crippen molar-refractivity contribution in [3.8, 4) is 0 Å². The molecule has 0 atom stereocenters. The van der Waals surface area contributed by atoms with Gasteiger partial charge in [-0.25, -0.2) is 9.37 Å². The molecule has 6 heteroatoms. The van der Waals surface area contributed by atoms with Gasteiger partial charge in [0.1, 0.15) is 11.5 Å². The quantitative estimate of drug-likeness (QED) is 0.940. The van der Waals surface area contributed by atoms with Crippen LogP contribution in [0.15, 0.2) is 29.6 Å². The van der Waals surface area contributed by atoms with Gasteiger partial charge in [-0.15, -0.1) is 11.3 Å². The van der Waals surface area contributed by atoms with Crippen LogP contribution in [0, 0.1) is 5.82 Å². The van der Waals surface area contributed by atoms with E-state index in [0.29, 0.717) is 17.4 Å². The lowest BCUT2D eigenvalue weighted by atomic mass is 10.3. The van der Waals surface area contributed by atoms with Crippen LogP contribution in [0.2, 0.25) is 0 Å². The van der Waals surface area contributed by atoms with Crippen molar-refractivity contribution in [2.75, 3.05) is 17.3 Å². The largest absolute Gasteiger partial charge is 0.349 e. The minimum absolute atomic E-state index is 0.295. The number of thiazole rings is 1. The first kappa shape index (κ1) is 14.5. The third kappa shape index (κ3) is 3.33. The van der Waals surface area contributed by atoms with Crippen molar-refractivity contribution >= 4 is 28.1 Å².